The highest BCUT2D eigenvalue weighted by Gasteiger charge is 2.53. The lowest BCUT2D eigenvalue weighted by Crippen LogP contribution is -2.40. The van der Waals surface area contributed by atoms with Crippen molar-refractivity contribution >= 4 is 17.1 Å². The summed E-state index contributed by atoms with van der Waals surface area (Å²) in [6.07, 6.45) is 0. The van der Waals surface area contributed by atoms with Crippen LogP contribution in [-0.2, 0) is 10.8 Å². The van der Waals surface area contributed by atoms with E-state index in [1.165, 1.54) is 89.0 Å². The summed E-state index contributed by atoms with van der Waals surface area (Å²) in [6.45, 7) is 4.77. The molecule has 0 fully saturated rings. The largest absolute Gasteiger partial charge is 0.311 e. The van der Waals surface area contributed by atoms with Crippen molar-refractivity contribution in [3.8, 4) is 55.6 Å². The maximum atomic E-state index is 2.49. The Morgan fingerprint density at radius 2 is 0.585 bits per heavy atom. The zero-order chi connectivity index (χ0) is 43.5. The lowest BCUT2D eigenvalue weighted by Gasteiger charge is -2.46. The molecule has 0 saturated carbocycles. The van der Waals surface area contributed by atoms with Gasteiger partial charge in [0.15, 0.2) is 0 Å². The van der Waals surface area contributed by atoms with Crippen LogP contribution in [0.25, 0.3) is 55.6 Å². The number of nitrogens with zero attached hydrogens (tertiary/aromatic N) is 1. The highest BCUT2D eigenvalue weighted by molar-refractivity contribution is 5.91. The first kappa shape index (κ1) is 38.7. The molecular weight excluding hydrogens is 783 g/mol. The summed E-state index contributed by atoms with van der Waals surface area (Å²) in [5.74, 6) is 0. The predicted molar refractivity (Wildman–Crippen MR) is 272 cm³/mol. The van der Waals surface area contributed by atoms with Gasteiger partial charge in [-0.2, -0.15) is 0 Å². The molecule has 2 aliphatic rings. The quantitative estimate of drug-likeness (QED) is 0.155. The van der Waals surface area contributed by atoms with Crippen LogP contribution in [0.4, 0.5) is 17.1 Å². The van der Waals surface area contributed by atoms with Crippen molar-refractivity contribution in [2.75, 3.05) is 4.90 Å². The van der Waals surface area contributed by atoms with Crippen LogP contribution in [0.2, 0.25) is 0 Å². The van der Waals surface area contributed by atoms with Crippen molar-refractivity contribution < 1.29 is 0 Å². The summed E-state index contributed by atoms with van der Waals surface area (Å²) in [7, 11) is 0. The molecule has 1 spiro atoms. The van der Waals surface area contributed by atoms with Crippen molar-refractivity contribution in [1.29, 1.82) is 0 Å². The van der Waals surface area contributed by atoms with Gasteiger partial charge in [-0.05, 0) is 138 Å². The second kappa shape index (κ2) is 15.4. The molecule has 308 valence electrons. The van der Waals surface area contributed by atoms with Crippen molar-refractivity contribution in [1.82, 2.24) is 0 Å². The zero-order valence-electron chi connectivity index (χ0n) is 36.6. The number of hydrogen-bond acceptors (Lipinski definition) is 1. The first-order valence-electron chi connectivity index (χ1n) is 22.7. The standard InChI is InChI=1S/C64H47N/c1-63(2)58-24-11-13-26-60(58)64(61-27-14-12-25-59(61)63)57-23-10-9-22-55(57)56-41-34-51(43-62(56)64)50-21-15-20-49(42-50)48-32-39-54(40-33-48)65(52-35-28-46(29-36-52)44-16-5-3-6-17-44)53-37-30-47(31-38-53)45-18-7-4-8-19-45/h3-43H,1-2H3. The fraction of sp³-hybridized carbons (Fsp3) is 0.0625. The van der Waals surface area contributed by atoms with Gasteiger partial charge in [-0.25, -0.2) is 0 Å². The Kier molecular flexibility index (Phi) is 9.14. The van der Waals surface area contributed by atoms with E-state index in [-0.39, 0.29) is 5.41 Å². The van der Waals surface area contributed by atoms with Gasteiger partial charge in [0.2, 0.25) is 0 Å². The Morgan fingerprint density at radius 1 is 0.246 bits per heavy atom. The lowest BCUT2D eigenvalue weighted by molar-refractivity contribution is 0.563. The van der Waals surface area contributed by atoms with Crippen molar-refractivity contribution in [2.24, 2.45) is 0 Å². The lowest BCUT2D eigenvalue weighted by atomic mass is 9.55. The fourth-order valence-electron chi connectivity index (χ4n) is 11.0. The molecule has 0 heterocycles. The third kappa shape index (κ3) is 6.22. The van der Waals surface area contributed by atoms with Crippen molar-refractivity contribution in [3.63, 3.8) is 0 Å². The molecule has 0 saturated heterocycles. The predicted octanol–water partition coefficient (Wildman–Crippen LogP) is 16.8. The highest BCUT2D eigenvalue weighted by atomic mass is 15.1. The Hall–Kier alpha value is -8.00. The van der Waals surface area contributed by atoms with Gasteiger partial charge in [-0.3, -0.25) is 0 Å². The summed E-state index contributed by atoms with van der Waals surface area (Å²) in [5.41, 5.74) is 23.3. The summed E-state index contributed by atoms with van der Waals surface area (Å²) in [6, 6.07) is 91.8. The van der Waals surface area contributed by atoms with E-state index in [1.807, 2.05) is 0 Å². The van der Waals surface area contributed by atoms with E-state index < -0.39 is 5.41 Å². The average Bonchev–Trinajstić information content (AvgIpc) is 3.67. The smallest absolute Gasteiger partial charge is 0.0719 e. The van der Waals surface area contributed by atoms with E-state index in [0.717, 1.165) is 17.1 Å². The molecule has 0 aromatic heterocycles. The summed E-state index contributed by atoms with van der Waals surface area (Å²) in [4.78, 5) is 2.35. The van der Waals surface area contributed by atoms with E-state index in [1.54, 1.807) is 0 Å². The molecule has 65 heavy (non-hydrogen) atoms. The van der Waals surface area contributed by atoms with Crippen LogP contribution in [0, 0.1) is 0 Å². The highest BCUT2D eigenvalue weighted by Crippen LogP contribution is 2.62. The molecule has 0 bridgehead atoms. The molecule has 1 heteroatoms. The minimum atomic E-state index is -0.423. The van der Waals surface area contributed by atoms with E-state index in [4.69, 9.17) is 0 Å². The maximum absolute atomic E-state index is 2.49. The van der Waals surface area contributed by atoms with Crippen LogP contribution in [0.1, 0.15) is 47.2 Å². The average molecular weight is 830 g/mol. The van der Waals surface area contributed by atoms with Gasteiger partial charge in [0, 0.05) is 22.5 Å². The molecule has 2 aliphatic carbocycles. The molecule has 0 aliphatic heterocycles. The molecule has 0 amide bonds. The van der Waals surface area contributed by atoms with E-state index in [2.05, 4.69) is 267 Å². The summed E-state index contributed by atoms with van der Waals surface area (Å²) in [5, 5.41) is 0. The van der Waals surface area contributed by atoms with Crippen LogP contribution in [0.5, 0.6) is 0 Å². The fourth-order valence-corrected chi connectivity index (χ4v) is 11.0. The Bertz CT molecular complexity index is 3230. The number of anilines is 3. The maximum Gasteiger partial charge on any atom is 0.0719 e. The first-order chi connectivity index (χ1) is 32.0. The molecular formula is C64H47N. The van der Waals surface area contributed by atoms with Gasteiger partial charge in [0.1, 0.15) is 0 Å². The molecule has 10 aromatic carbocycles. The monoisotopic (exact) mass is 829 g/mol. The van der Waals surface area contributed by atoms with Crippen molar-refractivity contribution in [2.45, 2.75) is 24.7 Å². The molecule has 0 radical (unpaired) electrons. The number of fused-ring (bicyclic) bond motifs is 9. The molecule has 1 nitrogen and oxygen atoms in total. The van der Waals surface area contributed by atoms with Gasteiger partial charge in [-0.15, -0.1) is 0 Å². The topological polar surface area (TPSA) is 3.24 Å². The van der Waals surface area contributed by atoms with Crippen LogP contribution in [0.15, 0.2) is 249 Å². The number of benzene rings is 10. The number of rotatable bonds is 7. The second-order valence-corrected chi connectivity index (χ2v) is 18.1. The molecule has 12 rings (SSSR count). The Morgan fingerprint density at radius 3 is 1.09 bits per heavy atom. The van der Waals surface area contributed by atoms with Crippen LogP contribution >= 0.6 is 0 Å². The normalized spacial score (nSPS) is 13.6. The van der Waals surface area contributed by atoms with Crippen LogP contribution in [-0.4, -0.2) is 0 Å². The number of hydrogen-bond donors (Lipinski definition) is 0. The molecule has 0 unspecified atom stereocenters. The molecule has 10 aromatic rings. The van der Waals surface area contributed by atoms with Gasteiger partial charge >= 0.3 is 0 Å². The third-order valence-corrected chi connectivity index (χ3v) is 14.2. The minimum absolute atomic E-state index is 0.130. The van der Waals surface area contributed by atoms with Crippen LogP contribution in [0.3, 0.4) is 0 Å². The summed E-state index contributed by atoms with van der Waals surface area (Å²) < 4.78 is 0. The van der Waals surface area contributed by atoms with Crippen LogP contribution < -0.4 is 4.90 Å². The summed E-state index contributed by atoms with van der Waals surface area (Å²) >= 11 is 0. The van der Waals surface area contributed by atoms with E-state index in [9.17, 15) is 0 Å². The second-order valence-electron chi connectivity index (χ2n) is 18.1. The Labute approximate surface area is 382 Å². The first-order valence-corrected chi connectivity index (χ1v) is 22.7. The third-order valence-electron chi connectivity index (χ3n) is 14.2. The van der Waals surface area contributed by atoms with Gasteiger partial charge in [0.05, 0.1) is 5.41 Å². The molecule has 0 atom stereocenters. The van der Waals surface area contributed by atoms with Gasteiger partial charge < -0.3 is 4.90 Å². The van der Waals surface area contributed by atoms with Gasteiger partial charge in [-0.1, -0.05) is 214 Å². The SMILES string of the molecule is CC1(C)c2ccccc2C2(c3ccccc3-c3ccc(-c4cccc(-c5ccc(N(c6ccc(-c7ccccc7)cc6)c6ccc(-c7ccccc7)cc6)cc5)c4)cc32)c2ccccc21. The zero-order valence-corrected chi connectivity index (χ0v) is 36.6. The minimum Gasteiger partial charge on any atom is -0.311 e. The Balaban J connectivity index is 0.926. The van der Waals surface area contributed by atoms with E-state index >= 15 is 0 Å². The van der Waals surface area contributed by atoms with Gasteiger partial charge in [0.25, 0.3) is 0 Å². The van der Waals surface area contributed by atoms with E-state index in [0.29, 0.717) is 0 Å². The molecule has 0 N–H and O–H groups in total. The van der Waals surface area contributed by atoms with Crippen molar-refractivity contribution in [3.05, 3.63) is 282 Å².